The number of rotatable bonds is 5. The van der Waals surface area contributed by atoms with Crippen LogP contribution >= 0.6 is 0 Å². The molecule has 0 atom stereocenters. The highest BCUT2D eigenvalue weighted by atomic mass is 32.2. The Morgan fingerprint density at radius 3 is 2.35 bits per heavy atom. The zero-order valence-electron chi connectivity index (χ0n) is 14.5. The molecule has 1 N–H and O–H groups in total. The van der Waals surface area contributed by atoms with Crippen molar-refractivity contribution in [2.75, 3.05) is 6.61 Å². The van der Waals surface area contributed by atoms with Crippen molar-refractivity contribution in [2.24, 2.45) is 4.99 Å². The van der Waals surface area contributed by atoms with Crippen LogP contribution in [0, 0.1) is 5.82 Å². The molecule has 0 radical (unpaired) electrons. The summed E-state index contributed by atoms with van der Waals surface area (Å²) in [5, 5.41) is 0. The van der Waals surface area contributed by atoms with E-state index in [0.717, 1.165) is 11.3 Å². The maximum atomic E-state index is 13.1. The van der Waals surface area contributed by atoms with E-state index in [2.05, 4.69) is 9.71 Å². The quantitative estimate of drug-likeness (QED) is 0.871. The molecule has 0 saturated carbocycles. The molecule has 0 saturated heterocycles. The molecular formula is C19H19FN2O3S. The van der Waals surface area contributed by atoms with Crippen molar-refractivity contribution in [1.82, 2.24) is 4.72 Å². The van der Waals surface area contributed by atoms with Gasteiger partial charge in [0.05, 0.1) is 13.2 Å². The van der Waals surface area contributed by atoms with Gasteiger partial charge in [0.1, 0.15) is 22.3 Å². The molecule has 0 fully saturated rings. The van der Waals surface area contributed by atoms with Crippen LogP contribution in [0.5, 0.6) is 5.75 Å². The average Bonchev–Trinajstić information content (AvgIpc) is 2.84. The normalized spacial score (nSPS) is 17.4. The fraction of sp³-hybridized carbons (Fsp3) is 0.211. The van der Waals surface area contributed by atoms with E-state index in [9.17, 15) is 12.8 Å². The molecular weight excluding hydrogens is 355 g/mol. The van der Waals surface area contributed by atoms with Crippen LogP contribution in [-0.4, -0.2) is 20.9 Å². The predicted molar refractivity (Wildman–Crippen MR) is 99.8 cm³/mol. The lowest BCUT2D eigenvalue weighted by atomic mass is 10.1. The molecule has 136 valence electrons. The van der Waals surface area contributed by atoms with Gasteiger partial charge in [0.15, 0.2) is 0 Å². The zero-order valence-corrected chi connectivity index (χ0v) is 15.3. The second kappa shape index (κ2) is 7.29. The summed E-state index contributed by atoms with van der Waals surface area (Å²) in [4.78, 5) is 4.52. The molecule has 26 heavy (non-hydrogen) atoms. The molecule has 1 aliphatic rings. The van der Waals surface area contributed by atoms with Gasteiger partial charge < -0.3 is 4.74 Å². The standard InChI is InChI=1S/C19H19FN2O3S/c1-3-25-17-10-4-14(5-11-17)12-21-19-13(2)18(26(23,24)22-19)15-6-8-16(20)9-7-15/h4-11H,3,12H2,1-2H3,(H,21,22). The molecule has 2 aromatic rings. The second-order valence-corrected chi connectivity index (χ2v) is 7.43. The van der Waals surface area contributed by atoms with E-state index in [1.54, 1.807) is 6.92 Å². The summed E-state index contributed by atoms with van der Waals surface area (Å²) in [5.41, 5.74) is 1.88. The van der Waals surface area contributed by atoms with Crippen LogP contribution < -0.4 is 9.46 Å². The molecule has 0 bridgehead atoms. The van der Waals surface area contributed by atoms with Crippen molar-refractivity contribution in [2.45, 2.75) is 20.4 Å². The highest BCUT2D eigenvalue weighted by Gasteiger charge is 2.32. The first-order valence-electron chi connectivity index (χ1n) is 8.17. The molecule has 0 amide bonds. The number of hydrogen-bond acceptors (Lipinski definition) is 4. The first-order chi connectivity index (χ1) is 12.4. The van der Waals surface area contributed by atoms with Gasteiger partial charge in [0, 0.05) is 5.57 Å². The van der Waals surface area contributed by atoms with Crippen LogP contribution in [0.4, 0.5) is 4.39 Å². The van der Waals surface area contributed by atoms with E-state index in [0.29, 0.717) is 30.1 Å². The first kappa shape index (κ1) is 18.1. The Kier molecular flexibility index (Phi) is 5.08. The Labute approximate surface area is 152 Å². The van der Waals surface area contributed by atoms with Crippen LogP contribution in [-0.2, 0) is 16.6 Å². The average molecular weight is 374 g/mol. The summed E-state index contributed by atoms with van der Waals surface area (Å²) in [6.07, 6.45) is 0. The van der Waals surface area contributed by atoms with Crippen molar-refractivity contribution in [3.63, 3.8) is 0 Å². The molecule has 1 heterocycles. The van der Waals surface area contributed by atoms with E-state index in [1.807, 2.05) is 31.2 Å². The number of nitrogens with one attached hydrogen (secondary N) is 1. The number of nitrogens with zero attached hydrogens (tertiary/aromatic N) is 1. The SMILES string of the molecule is CCOc1ccc(CN=C2NS(=O)(=O)C(c3ccc(F)cc3)=C2C)cc1. The Morgan fingerprint density at radius 2 is 1.73 bits per heavy atom. The van der Waals surface area contributed by atoms with Gasteiger partial charge >= 0.3 is 0 Å². The maximum absolute atomic E-state index is 13.1. The lowest BCUT2D eigenvalue weighted by molar-refractivity contribution is 0.340. The van der Waals surface area contributed by atoms with Crippen LogP contribution in [0.1, 0.15) is 25.0 Å². The number of ether oxygens (including phenoxy) is 1. The topological polar surface area (TPSA) is 67.8 Å². The van der Waals surface area contributed by atoms with Crippen molar-refractivity contribution in [1.29, 1.82) is 0 Å². The summed E-state index contributed by atoms with van der Waals surface area (Å²) in [6, 6.07) is 12.8. The zero-order chi connectivity index (χ0) is 18.7. The van der Waals surface area contributed by atoms with Gasteiger partial charge in [-0.25, -0.2) is 12.8 Å². The highest BCUT2D eigenvalue weighted by molar-refractivity contribution is 8.00. The lowest BCUT2D eigenvalue weighted by Crippen LogP contribution is -2.23. The van der Waals surface area contributed by atoms with Crippen LogP contribution in [0.15, 0.2) is 59.1 Å². The van der Waals surface area contributed by atoms with Gasteiger partial charge in [0.25, 0.3) is 10.0 Å². The second-order valence-electron chi connectivity index (χ2n) is 5.81. The van der Waals surface area contributed by atoms with Crippen LogP contribution in [0.2, 0.25) is 0 Å². The van der Waals surface area contributed by atoms with Crippen molar-refractivity contribution in [3.05, 3.63) is 71.0 Å². The van der Waals surface area contributed by atoms with E-state index < -0.39 is 15.8 Å². The number of sulfonamides is 1. The summed E-state index contributed by atoms with van der Waals surface area (Å²) in [7, 11) is -3.71. The molecule has 0 aliphatic carbocycles. The number of benzene rings is 2. The fourth-order valence-electron chi connectivity index (χ4n) is 2.72. The van der Waals surface area contributed by atoms with Gasteiger partial charge in [-0.3, -0.25) is 9.71 Å². The summed E-state index contributed by atoms with van der Waals surface area (Å²) in [5.74, 6) is 0.665. The third kappa shape index (κ3) is 3.77. The Hall–Kier alpha value is -2.67. The number of aliphatic imine (C=N–C) groups is 1. The molecule has 7 heteroatoms. The van der Waals surface area contributed by atoms with E-state index >= 15 is 0 Å². The monoisotopic (exact) mass is 374 g/mol. The lowest BCUT2D eigenvalue weighted by Gasteiger charge is -2.04. The van der Waals surface area contributed by atoms with Crippen LogP contribution in [0.25, 0.3) is 4.91 Å². The summed E-state index contributed by atoms with van der Waals surface area (Å²) in [6.45, 7) is 4.53. The molecule has 0 unspecified atom stereocenters. The maximum Gasteiger partial charge on any atom is 0.264 e. The smallest absolute Gasteiger partial charge is 0.264 e. The first-order valence-corrected chi connectivity index (χ1v) is 9.65. The van der Waals surface area contributed by atoms with Gasteiger partial charge in [-0.05, 0) is 49.2 Å². The summed E-state index contributed by atoms with van der Waals surface area (Å²) >= 11 is 0. The van der Waals surface area contributed by atoms with E-state index in [-0.39, 0.29) is 4.91 Å². The fourth-order valence-corrected chi connectivity index (χ4v) is 4.24. The van der Waals surface area contributed by atoms with Crippen LogP contribution in [0.3, 0.4) is 0 Å². The third-order valence-electron chi connectivity index (χ3n) is 3.96. The molecule has 2 aromatic carbocycles. The molecule has 5 nitrogen and oxygen atoms in total. The Morgan fingerprint density at radius 1 is 1.08 bits per heavy atom. The van der Waals surface area contributed by atoms with Gasteiger partial charge in [-0.1, -0.05) is 24.3 Å². The van der Waals surface area contributed by atoms with Crippen molar-refractivity contribution >= 4 is 20.8 Å². The minimum Gasteiger partial charge on any atom is -0.494 e. The molecule has 0 aromatic heterocycles. The minimum atomic E-state index is -3.71. The largest absolute Gasteiger partial charge is 0.494 e. The Bertz CT molecular complexity index is 963. The molecule has 3 rings (SSSR count). The van der Waals surface area contributed by atoms with Gasteiger partial charge in [-0.2, -0.15) is 0 Å². The minimum absolute atomic E-state index is 0.128. The number of amidine groups is 1. The van der Waals surface area contributed by atoms with Crippen molar-refractivity contribution < 1.29 is 17.5 Å². The highest BCUT2D eigenvalue weighted by Crippen LogP contribution is 2.30. The van der Waals surface area contributed by atoms with E-state index in [4.69, 9.17) is 4.74 Å². The third-order valence-corrected chi connectivity index (χ3v) is 5.50. The molecule has 0 spiro atoms. The summed E-state index contributed by atoms with van der Waals surface area (Å²) < 4.78 is 45.9. The van der Waals surface area contributed by atoms with Crippen molar-refractivity contribution in [3.8, 4) is 5.75 Å². The number of hydrogen-bond donors (Lipinski definition) is 1. The predicted octanol–water partition coefficient (Wildman–Crippen LogP) is 3.49. The van der Waals surface area contributed by atoms with E-state index in [1.165, 1.54) is 24.3 Å². The molecule has 1 aliphatic heterocycles. The van der Waals surface area contributed by atoms with Gasteiger partial charge in [0.2, 0.25) is 0 Å². The van der Waals surface area contributed by atoms with Gasteiger partial charge in [-0.15, -0.1) is 0 Å². The number of halogens is 1. The Balaban J connectivity index is 1.86.